The lowest BCUT2D eigenvalue weighted by Crippen LogP contribution is -2.20. The van der Waals surface area contributed by atoms with Crippen LogP contribution in [0.2, 0.25) is 5.02 Å². The summed E-state index contributed by atoms with van der Waals surface area (Å²) < 4.78 is 0. The van der Waals surface area contributed by atoms with Gasteiger partial charge in [-0.1, -0.05) is 17.7 Å². The van der Waals surface area contributed by atoms with Crippen LogP contribution in [-0.4, -0.2) is 21.5 Å². The Bertz CT molecular complexity index is 747. The van der Waals surface area contributed by atoms with Crippen molar-refractivity contribution in [3.05, 3.63) is 69.0 Å². The van der Waals surface area contributed by atoms with Gasteiger partial charge in [-0.25, -0.2) is 5.43 Å². The van der Waals surface area contributed by atoms with Crippen molar-refractivity contribution in [1.82, 2.24) is 10.4 Å². The van der Waals surface area contributed by atoms with Crippen LogP contribution in [0.1, 0.15) is 23.0 Å². The van der Waals surface area contributed by atoms with Gasteiger partial charge in [-0.05, 0) is 25.1 Å². The van der Waals surface area contributed by atoms with Crippen molar-refractivity contribution in [2.75, 3.05) is 0 Å². The Morgan fingerprint density at radius 1 is 1.36 bits per heavy atom. The van der Waals surface area contributed by atoms with Crippen LogP contribution in [-0.2, 0) is 0 Å². The molecular weight excluding hydrogens is 308 g/mol. The molecule has 0 fully saturated rings. The van der Waals surface area contributed by atoms with Crippen LogP contribution in [0.25, 0.3) is 0 Å². The van der Waals surface area contributed by atoms with Gasteiger partial charge in [0.15, 0.2) is 0 Å². The van der Waals surface area contributed by atoms with Crippen molar-refractivity contribution >= 4 is 28.9 Å². The fraction of sp³-hybridized carbons (Fsp3) is 0.0714. The number of hydrazone groups is 1. The van der Waals surface area contributed by atoms with Gasteiger partial charge in [-0.2, -0.15) is 5.10 Å². The first-order valence-corrected chi connectivity index (χ1v) is 6.57. The number of nitrogens with zero attached hydrogens (tertiary/aromatic N) is 3. The molecule has 0 radical (unpaired) electrons. The molecule has 22 heavy (non-hydrogen) atoms. The zero-order valence-electron chi connectivity index (χ0n) is 11.5. The summed E-state index contributed by atoms with van der Waals surface area (Å²) in [7, 11) is 0. The highest BCUT2D eigenvalue weighted by Gasteiger charge is 2.14. The number of carbonyl (C=O) groups excluding carboxylic acids is 1. The number of nitro groups is 1. The fourth-order valence-corrected chi connectivity index (χ4v) is 1.89. The summed E-state index contributed by atoms with van der Waals surface area (Å²) in [6.45, 7) is 1.69. The van der Waals surface area contributed by atoms with Crippen molar-refractivity contribution in [2.24, 2.45) is 5.10 Å². The summed E-state index contributed by atoms with van der Waals surface area (Å²) in [5, 5.41) is 14.5. The first-order valence-electron chi connectivity index (χ1n) is 6.19. The molecule has 1 amide bonds. The van der Waals surface area contributed by atoms with Crippen molar-refractivity contribution in [3.63, 3.8) is 0 Å². The lowest BCUT2D eigenvalue weighted by molar-refractivity contribution is -0.384. The van der Waals surface area contributed by atoms with E-state index < -0.39 is 10.8 Å². The number of rotatable bonds is 4. The predicted octanol–water partition coefficient (Wildman–Crippen LogP) is 2.80. The Balaban J connectivity index is 2.14. The minimum atomic E-state index is -0.586. The molecule has 0 bridgehead atoms. The van der Waals surface area contributed by atoms with E-state index in [1.54, 1.807) is 31.3 Å². The van der Waals surface area contributed by atoms with E-state index in [0.29, 0.717) is 11.4 Å². The largest absolute Gasteiger partial charge is 0.272 e. The van der Waals surface area contributed by atoms with E-state index in [2.05, 4.69) is 15.5 Å². The molecule has 2 rings (SSSR count). The summed E-state index contributed by atoms with van der Waals surface area (Å²) in [5.41, 5.74) is 3.40. The molecule has 0 spiro atoms. The lowest BCUT2D eigenvalue weighted by Gasteiger charge is -2.04. The minimum Gasteiger partial charge on any atom is -0.267 e. The monoisotopic (exact) mass is 318 g/mol. The average Bonchev–Trinajstić information content (AvgIpc) is 2.52. The number of hydrogen-bond donors (Lipinski definition) is 1. The Hall–Kier alpha value is -2.80. The molecule has 0 aliphatic rings. The van der Waals surface area contributed by atoms with Gasteiger partial charge in [0.2, 0.25) is 0 Å². The first kappa shape index (κ1) is 15.6. The zero-order valence-corrected chi connectivity index (χ0v) is 12.2. The molecular formula is C14H11ClN4O3. The molecule has 1 aromatic heterocycles. The van der Waals surface area contributed by atoms with Crippen molar-refractivity contribution in [1.29, 1.82) is 0 Å². The third kappa shape index (κ3) is 3.64. The average molecular weight is 319 g/mol. The second-order valence-corrected chi connectivity index (χ2v) is 4.68. The number of hydrogen-bond acceptors (Lipinski definition) is 5. The maximum atomic E-state index is 12.0. The molecule has 112 valence electrons. The van der Waals surface area contributed by atoms with Crippen LogP contribution in [0.4, 0.5) is 5.69 Å². The predicted molar refractivity (Wildman–Crippen MR) is 82.0 cm³/mol. The van der Waals surface area contributed by atoms with Crippen LogP contribution in [0.15, 0.2) is 47.7 Å². The number of nitrogens with one attached hydrogen (secondary N) is 1. The van der Waals surface area contributed by atoms with Gasteiger partial charge in [0.05, 0.1) is 26.9 Å². The number of carbonyl (C=O) groups is 1. The second-order valence-electron chi connectivity index (χ2n) is 4.27. The highest BCUT2D eigenvalue weighted by atomic mass is 35.5. The summed E-state index contributed by atoms with van der Waals surface area (Å²) in [5.74, 6) is -0.560. The third-order valence-corrected chi connectivity index (χ3v) is 3.08. The van der Waals surface area contributed by atoms with E-state index in [-0.39, 0.29) is 16.3 Å². The standard InChI is InChI=1S/C14H11ClN4O3/c1-9(13-4-2-3-7-16-13)17-18-14(20)11-6-5-10(19(21)22)8-12(11)15/h2-8H,1H3,(H,18,20). The van der Waals surface area contributed by atoms with E-state index in [1.165, 1.54) is 12.1 Å². The zero-order chi connectivity index (χ0) is 16.1. The van der Waals surface area contributed by atoms with Crippen LogP contribution in [0, 0.1) is 10.1 Å². The highest BCUT2D eigenvalue weighted by molar-refractivity contribution is 6.34. The normalized spacial score (nSPS) is 11.1. The molecule has 0 saturated heterocycles. The fourth-order valence-electron chi connectivity index (χ4n) is 1.63. The van der Waals surface area contributed by atoms with Gasteiger partial charge in [-0.3, -0.25) is 19.9 Å². The first-order chi connectivity index (χ1) is 10.5. The van der Waals surface area contributed by atoms with Gasteiger partial charge in [-0.15, -0.1) is 0 Å². The molecule has 1 N–H and O–H groups in total. The summed E-state index contributed by atoms with van der Waals surface area (Å²) in [6, 6.07) is 8.93. The number of amides is 1. The quantitative estimate of drug-likeness (QED) is 0.532. The SMILES string of the molecule is CC(=NNC(=O)c1ccc([N+](=O)[O-])cc1Cl)c1ccccn1. The van der Waals surface area contributed by atoms with E-state index in [0.717, 1.165) is 6.07 Å². The molecule has 8 heteroatoms. The van der Waals surface area contributed by atoms with Gasteiger partial charge in [0, 0.05) is 18.3 Å². The van der Waals surface area contributed by atoms with Crippen LogP contribution >= 0.6 is 11.6 Å². The number of aromatic nitrogens is 1. The second kappa shape index (κ2) is 6.77. The van der Waals surface area contributed by atoms with E-state index in [1.807, 2.05) is 0 Å². The van der Waals surface area contributed by atoms with Crippen LogP contribution in [0.5, 0.6) is 0 Å². The summed E-state index contributed by atoms with van der Waals surface area (Å²) in [4.78, 5) is 26.1. The molecule has 1 heterocycles. The maximum absolute atomic E-state index is 12.0. The van der Waals surface area contributed by atoms with Crippen LogP contribution < -0.4 is 5.43 Å². The third-order valence-electron chi connectivity index (χ3n) is 2.77. The molecule has 7 nitrogen and oxygen atoms in total. The molecule has 0 aliphatic heterocycles. The molecule has 2 aromatic rings. The number of pyridine rings is 1. The Morgan fingerprint density at radius 2 is 2.14 bits per heavy atom. The molecule has 0 atom stereocenters. The topological polar surface area (TPSA) is 97.5 Å². The molecule has 1 aromatic carbocycles. The van der Waals surface area contributed by atoms with Crippen LogP contribution in [0.3, 0.4) is 0 Å². The number of non-ortho nitro benzene ring substituents is 1. The van der Waals surface area contributed by atoms with E-state index >= 15 is 0 Å². The summed E-state index contributed by atoms with van der Waals surface area (Å²) >= 11 is 5.87. The minimum absolute atomic E-state index is 0.0163. The van der Waals surface area contributed by atoms with Gasteiger partial charge < -0.3 is 0 Å². The lowest BCUT2D eigenvalue weighted by atomic mass is 10.2. The van der Waals surface area contributed by atoms with Crippen molar-refractivity contribution in [2.45, 2.75) is 6.92 Å². The van der Waals surface area contributed by atoms with Crippen molar-refractivity contribution in [3.8, 4) is 0 Å². The maximum Gasteiger partial charge on any atom is 0.272 e. The van der Waals surface area contributed by atoms with Gasteiger partial charge in [0.25, 0.3) is 11.6 Å². The van der Waals surface area contributed by atoms with Gasteiger partial charge >= 0.3 is 0 Å². The highest BCUT2D eigenvalue weighted by Crippen LogP contribution is 2.22. The van der Waals surface area contributed by atoms with E-state index in [9.17, 15) is 14.9 Å². The molecule has 0 saturated carbocycles. The molecule has 0 unspecified atom stereocenters. The summed E-state index contributed by atoms with van der Waals surface area (Å²) in [6.07, 6.45) is 1.61. The van der Waals surface area contributed by atoms with Gasteiger partial charge in [0.1, 0.15) is 0 Å². The number of nitro benzene ring substituents is 1. The van der Waals surface area contributed by atoms with E-state index in [4.69, 9.17) is 11.6 Å². The Kier molecular flexibility index (Phi) is 4.80. The van der Waals surface area contributed by atoms with Crippen molar-refractivity contribution < 1.29 is 9.72 Å². The Morgan fingerprint density at radius 3 is 2.73 bits per heavy atom. The number of benzene rings is 1. The smallest absolute Gasteiger partial charge is 0.267 e. The molecule has 0 aliphatic carbocycles. The Labute approximate surface area is 130 Å². The number of halogens is 1.